The molecule has 114 valence electrons. The number of fused-ring (bicyclic) bond motifs is 5. The monoisotopic (exact) mass is 299 g/mol. The summed E-state index contributed by atoms with van der Waals surface area (Å²) >= 11 is 0. The van der Waals surface area contributed by atoms with Gasteiger partial charge in [-0.25, -0.2) is 0 Å². The van der Waals surface area contributed by atoms with E-state index < -0.39 is 12.5 Å². The number of likely N-dealkylation sites (tertiary alicyclic amines) is 1. The van der Waals surface area contributed by atoms with E-state index in [0.717, 1.165) is 17.7 Å². The summed E-state index contributed by atoms with van der Waals surface area (Å²) in [4.78, 5) is 36.8. The van der Waals surface area contributed by atoms with Gasteiger partial charge in [0.1, 0.15) is 6.54 Å². The van der Waals surface area contributed by atoms with Crippen molar-refractivity contribution in [3.05, 3.63) is 35.9 Å². The second kappa shape index (κ2) is 4.66. The Kier molecular flexibility index (Phi) is 2.86. The van der Waals surface area contributed by atoms with Gasteiger partial charge in [-0.1, -0.05) is 30.3 Å². The average Bonchev–Trinajstić information content (AvgIpc) is 3.15. The highest BCUT2D eigenvalue weighted by Gasteiger charge is 2.63. The maximum Gasteiger partial charge on any atom is 0.323 e. The van der Waals surface area contributed by atoms with Gasteiger partial charge in [-0.05, 0) is 36.2 Å². The number of carboxylic acid groups (broad SMARTS) is 1. The van der Waals surface area contributed by atoms with Crippen LogP contribution in [0, 0.1) is 23.7 Å². The first kappa shape index (κ1) is 13.5. The first-order valence-corrected chi connectivity index (χ1v) is 7.70. The van der Waals surface area contributed by atoms with Crippen molar-refractivity contribution in [1.29, 1.82) is 0 Å². The van der Waals surface area contributed by atoms with Crippen LogP contribution >= 0.6 is 0 Å². The van der Waals surface area contributed by atoms with Crippen molar-refractivity contribution in [2.24, 2.45) is 23.7 Å². The third-order valence-electron chi connectivity index (χ3n) is 5.63. The minimum atomic E-state index is -1.13. The molecule has 2 saturated carbocycles. The molecule has 1 aliphatic heterocycles. The summed E-state index contributed by atoms with van der Waals surface area (Å²) in [5, 5.41) is 8.90. The summed E-state index contributed by atoms with van der Waals surface area (Å²) in [7, 11) is 0. The molecule has 0 radical (unpaired) electrons. The normalized spacial score (nSPS) is 36.0. The standard InChI is InChI=1S/C17H17NO4/c19-13(20)8-18-16(21)14-10-6-11(9-4-2-1-3-5-9)12(7-10)15(14)17(18)22/h1-5,10-12,14-15H,6-8H2,(H,19,20)/t10-,11-,12+,14-,15-/m1/s1. The van der Waals surface area contributed by atoms with Gasteiger partial charge in [0.15, 0.2) is 0 Å². The molecule has 4 rings (SSSR count). The van der Waals surface area contributed by atoms with E-state index in [-0.39, 0.29) is 35.5 Å². The highest BCUT2D eigenvalue weighted by Crippen LogP contribution is 2.61. The summed E-state index contributed by atoms with van der Waals surface area (Å²) in [6, 6.07) is 10.1. The Morgan fingerprint density at radius 1 is 1.09 bits per heavy atom. The van der Waals surface area contributed by atoms with Crippen molar-refractivity contribution < 1.29 is 19.5 Å². The van der Waals surface area contributed by atoms with Gasteiger partial charge in [-0.15, -0.1) is 0 Å². The van der Waals surface area contributed by atoms with Crippen molar-refractivity contribution in [3.63, 3.8) is 0 Å². The molecule has 2 amide bonds. The third kappa shape index (κ3) is 1.74. The number of nitrogens with zero attached hydrogens (tertiary/aromatic N) is 1. The highest BCUT2D eigenvalue weighted by atomic mass is 16.4. The third-order valence-corrected chi connectivity index (χ3v) is 5.63. The molecule has 0 aromatic heterocycles. The molecule has 5 nitrogen and oxygen atoms in total. The van der Waals surface area contributed by atoms with Gasteiger partial charge in [0, 0.05) is 0 Å². The van der Waals surface area contributed by atoms with Crippen molar-refractivity contribution in [2.75, 3.05) is 6.54 Å². The molecule has 1 aromatic rings. The molecule has 2 bridgehead atoms. The lowest BCUT2D eigenvalue weighted by atomic mass is 9.73. The van der Waals surface area contributed by atoms with Crippen LogP contribution in [0.4, 0.5) is 0 Å². The van der Waals surface area contributed by atoms with Crippen molar-refractivity contribution in [1.82, 2.24) is 4.90 Å². The summed E-state index contributed by atoms with van der Waals surface area (Å²) in [5.41, 5.74) is 1.23. The number of rotatable bonds is 3. The Labute approximate surface area is 127 Å². The van der Waals surface area contributed by atoms with E-state index in [9.17, 15) is 14.4 Å². The van der Waals surface area contributed by atoms with Crippen LogP contribution in [0.5, 0.6) is 0 Å². The molecule has 0 unspecified atom stereocenters. The molecule has 1 aromatic carbocycles. The van der Waals surface area contributed by atoms with Gasteiger partial charge in [-0.2, -0.15) is 0 Å². The molecule has 3 aliphatic rings. The van der Waals surface area contributed by atoms with Crippen LogP contribution in [0.1, 0.15) is 24.3 Å². The zero-order valence-corrected chi connectivity index (χ0v) is 12.0. The van der Waals surface area contributed by atoms with Gasteiger partial charge in [0.25, 0.3) is 0 Å². The van der Waals surface area contributed by atoms with E-state index in [4.69, 9.17) is 5.11 Å². The lowest BCUT2D eigenvalue weighted by Gasteiger charge is -2.28. The van der Waals surface area contributed by atoms with E-state index >= 15 is 0 Å². The van der Waals surface area contributed by atoms with E-state index in [1.165, 1.54) is 5.56 Å². The summed E-state index contributed by atoms with van der Waals surface area (Å²) in [6.07, 6.45) is 1.84. The topological polar surface area (TPSA) is 74.7 Å². The number of carbonyl (C=O) groups excluding carboxylic acids is 2. The average molecular weight is 299 g/mol. The summed E-state index contributed by atoms with van der Waals surface area (Å²) < 4.78 is 0. The number of hydrogen-bond donors (Lipinski definition) is 1. The zero-order valence-electron chi connectivity index (χ0n) is 12.0. The van der Waals surface area contributed by atoms with Crippen LogP contribution in [0.3, 0.4) is 0 Å². The van der Waals surface area contributed by atoms with Gasteiger partial charge >= 0.3 is 5.97 Å². The fourth-order valence-electron chi connectivity index (χ4n) is 4.90. The first-order chi connectivity index (χ1) is 10.6. The number of carboxylic acids is 1. The molecule has 3 fully saturated rings. The summed E-state index contributed by atoms with van der Waals surface area (Å²) in [5.74, 6) is -1.56. The number of aliphatic carboxylic acids is 1. The highest BCUT2D eigenvalue weighted by molar-refractivity contribution is 6.07. The second-order valence-corrected chi connectivity index (χ2v) is 6.62. The predicted molar refractivity (Wildman–Crippen MR) is 76.7 cm³/mol. The largest absolute Gasteiger partial charge is 0.480 e. The summed E-state index contributed by atoms with van der Waals surface area (Å²) in [6.45, 7) is -0.500. The van der Waals surface area contributed by atoms with Gasteiger partial charge < -0.3 is 5.11 Å². The molecule has 2 aliphatic carbocycles. The van der Waals surface area contributed by atoms with Crippen LogP contribution in [0.25, 0.3) is 0 Å². The minimum Gasteiger partial charge on any atom is -0.480 e. The van der Waals surface area contributed by atoms with Crippen LogP contribution in [0.15, 0.2) is 30.3 Å². The molecule has 5 heteroatoms. The number of benzene rings is 1. The molecular weight excluding hydrogens is 282 g/mol. The van der Waals surface area contributed by atoms with Crippen LogP contribution in [-0.2, 0) is 14.4 Å². The fourth-order valence-corrected chi connectivity index (χ4v) is 4.90. The van der Waals surface area contributed by atoms with Gasteiger partial charge in [-0.3, -0.25) is 19.3 Å². The zero-order chi connectivity index (χ0) is 15.4. The number of hydrogen-bond acceptors (Lipinski definition) is 3. The van der Waals surface area contributed by atoms with Crippen LogP contribution < -0.4 is 0 Å². The Hall–Kier alpha value is -2.17. The van der Waals surface area contributed by atoms with E-state index in [1.54, 1.807) is 0 Å². The van der Waals surface area contributed by atoms with Gasteiger partial charge in [0.2, 0.25) is 11.8 Å². The first-order valence-electron chi connectivity index (χ1n) is 7.70. The van der Waals surface area contributed by atoms with Crippen molar-refractivity contribution in [3.8, 4) is 0 Å². The molecule has 1 N–H and O–H groups in total. The molecular formula is C17H17NO4. The van der Waals surface area contributed by atoms with Crippen LogP contribution in [0.2, 0.25) is 0 Å². The van der Waals surface area contributed by atoms with E-state index in [2.05, 4.69) is 12.1 Å². The maximum absolute atomic E-state index is 12.5. The quantitative estimate of drug-likeness (QED) is 0.858. The smallest absolute Gasteiger partial charge is 0.323 e. The Morgan fingerprint density at radius 3 is 2.45 bits per heavy atom. The predicted octanol–water partition coefficient (Wildman–Crippen LogP) is 1.50. The molecule has 0 spiro atoms. The second-order valence-electron chi connectivity index (χ2n) is 6.62. The van der Waals surface area contributed by atoms with Crippen LogP contribution in [-0.4, -0.2) is 34.3 Å². The Morgan fingerprint density at radius 2 is 1.77 bits per heavy atom. The molecule has 5 atom stereocenters. The number of amides is 2. The minimum absolute atomic E-state index is 0.174. The van der Waals surface area contributed by atoms with Crippen molar-refractivity contribution >= 4 is 17.8 Å². The SMILES string of the molecule is O=C(O)CN1C(=O)[C@@H]2[C@H]3C[C@H]([C@H]2C1=O)[C@@H](c1ccccc1)C3. The Bertz CT molecular complexity index is 656. The number of imide groups is 1. The number of carbonyl (C=O) groups is 3. The lowest BCUT2D eigenvalue weighted by molar-refractivity contribution is -0.149. The molecule has 1 heterocycles. The van der Waals surface area contributed by atoms with E-state index in [1.807, 2.05) is 18.2 Å². The fraction of sp³-hybridized carbons (Fsp3) is 0.471. The van der Waals surface area contributed by atoms with Crippen molar-refractivity contribution in [2.45, 2.75) is 18.8 Å². The maximum atomic E-state index is 12.5. The lowest BCUT2D eigenvalue weighted by Crippen LogP contribution is -2.37. The van der Waals surface area contributed by atoms with Gasteiger partial charge in [0.05, 0.1) is 11.8 Å². The van der Waals surface area contributed by atoms with E-state index in [0.29, 0.717) is 5.92 Å². The Balaban J connectivity index is 1.64. The molecule has 22 heavy (non-hydrogen) atoms. The molecule has 1 saturated heterocycles.